The van der Waals surface area contributed by atoms with Gasteiger partial charge in [-0.05, 0) is 23.1 Å². The van der Waals surface area contributed by atoms with Gasteiger partial charge in [0.05, 0.1) is 7.11 Å². The van der Waals surface area contributed by atoms with Crippen LogP contribution in [-0.4, -0.2) is 7.11 Å². The van der Waals surface area contributed by atoms with Crippen molar-refractivity contribution in [2.24, 2.45) is 0 Å². The van der Waals surface area contributed by atoms with E-state index in [1.165, 1.54) is 5.56 Å². The summed E-state index contributed by atoms with van der Waals surface area (Å²) >= 11 is 0. The van der Waals surface area contributed by atoms with Crippen molar-refractivity contribution < 1.29 is 18.9 Å². The lowest BCUT2D eigenvalue weighted by atomic mass is 9.87. The fourth-order valence-electron chi connectivity index (χ4n) is 1.09. The summed E-state index contributed by atoms with van der Waals surface area (Å²) in [4.78, 5) is 0. The molecule has 0 aliphatic carbocycles. The van der Waals surface area contributed by atoms with Crippen molar-refractivity contribution in [1.82, 2.24) is 0 Å². The molecule has 0 radical (unpaired) electrons. The Bertz CT molecular complexity index is 252. The van der Waals surface area contributed by atoms with Gasteiger partial charge in [-0.3, -0.25) is 14.1 Å². The summed E-state index contributed by atoms with van der Waals surface area (Å²) in [5, 5.41) is 0. The Kier molecular flexibility index (Phi) is 9.24. The molecule has 0 N–H and O–H groups in total. The predicted molar refractivity (Wildman–Crippen MR) is 59.2 cm³/mol. The molecule has 0 aromatic heterocycles. The second kappa shape index (κ2) is 7.15. The van der Waals surface area contributed by atoms with Crippen molar-refractivity contribution >= 4 is 0 Å². The third-order valence-electron chi connectivity index (χ3n) is 1.96. The van der Waals surface area contributed by atoms with E-state index in [0.29, 0.717) is 0 Å². The standard InChI is InChI=1S/C11H16O.3FH/c1-11(2,3)9-5-7-10(12-4)8-6-9;;;/h5-8H,1-4H3;3*1H. The third-order valence-corrected chi connectivity index (χ3v) is 1.96. The molecule has 0 atom stereocenters. The SMILES string of the molecule is COc1ccc(C(C)(C)C)cc1.F.F.F. The lowest BCUT2D eigenvalue weighted by Gasteiger charge is -2.18. The maximum atomic E-state index is 5.08. The number of hydrogen-bond donors (Lipinski definition) is 0. The molecule has 0 saturated heterocycles. The summed E-state index contributed by atoms with van der Waals surface area (Å²) < 4.78 is 5.08. The van der Waals surface area contributed by atoms with Gasteiger partial charge in [0.25, 0.3) is 0 Å². The Hall–Kier alpha value is -1.19. The molecule has 0 bridgehead atoms. The number of rotatable bonds is 1. The molecule has 90 valence electrons. The Labute approximate surface area is 88.6 Å². The average Bonchev–Trinajstić information content (AvgIpc) is 2.03. The molecule has 0 aliphatic rings. The van der Waals surface area contributed by atoms with Crippen molar-refractivity contribution in [2.75, 3.05) is 7.11 Å². The van der Waals surface area contributed by atoms with Crippen LogP contribution >= 0.6 is 0 Å². The van der Waals surface area contributed by atoms with E-state index in [0.717, 1.165) is 5.75 Å². The average molecular weight is 224 g/mol. The normalized spacial score (nSPS) is 9.07. The Balaban J connectivity index is -0.000000480. The van der Waals surface area contributed by atoms with Gasteiger partial charge in [-0.1, -0.05) is 32.9 Å². The maximum Gasteiger partial charge on any atom is 0.118 e. The van der Waals surface area contributed by atoms with Gasteiger partial charge < -0.3 is 4.74 Å². The molecule has 0 heterocycles. The first kappa shape index (κ1) is 19.4. The highest BCUT2D eigenvalue weighted by atomic mass is 19.0. The first-order valence-electron chi connectivity index (χ1n) is 4.18. The minimum Gasteiger partial charge on any atom is -0.497 e. The van der Waals surface area contributed by atoms with E-state index in [4.69, 9.17) is 4.74 Å². The van der Waals surface area contributed by atoms with Crippen LogP contribution in [0.5, 0.6) is 5.75 Å². The highest BCUT2D eigenvalue weighted by Crippen LogP contribution is 2.23. The molecule has 1 nitrogen and oxygen atoms in total. The first-order valence-corrected chi connectivity index (χ1v) is 4.18. The summed E-state index contributed by atoms with van der Waals surface area (Å²) in [7, 11) is 1.69. The number of benzene rings is 1. The van der Waals surface area contributed by atoms with E-state index in [2.05, 4.69) is 32.9 Å². The predicted octanol–water partition coefficient (Wildman–Crippen LogP) is 3.45. The van der Waals surface area contributed by atoms with Crippen molar-refractivity contribution in [3.63, 3.8) is 0 Å². The summed E-state index contributed by atoms with van der Waals surface area (Å²) in [5.41, 5.74) is 1.56. The van der Waals surface area contributed by atoms with Crippen molar-refractivity contribution in [3.8, 4) is 5.75 Å². The molecule has 1 aromatic rings. The number of hydrogen-bond acceptors (Lipinski definition) is 1. The van der Waals surface area contributed by atoms with Crippen LogP contribution in [0.3, 0.4) is 0 Å². The van der Waals surface area contributed by atoms with E-state index < -0.39 is 0 Å². The molecule has 1 rings (SSSR count). The van der Waals surface area contributed by atoms with Gasteiger partial charge in [0, 0.05) is 0 Å². The molecule has 0 amide bonds. The van der Waals surface area contributed by atoms with Gasteiger partial charge in [0.2, 0.25) is 0 Å². The van der Waals surface area contributed by atoms with Crippen LogP contribution in [-0.2, 0) is 5.41 Å². The lowest BCUT2D eigenvalue weighted by Crippen LogP contribution is -2.10. The Morgan fingerprint density at radius 1 is 0.867 bits per heavy atom. The van der Waals surface area contributed by atoms with E-state index in [9.17, 15) is 0 Å². The van der Waals surface area contributed by atoms with Crippen molar-refractivity contribution in [1.29, 1.82) is 0 Å². The van der Waals surface area contributed by atoms with Crippen LogP contribution in [0.4, 0.5) is 14.1 Å². The molecule has 0 unspecified atom stereocenters. The van der Waals surface area contributed by atoms with Gasteiger partial charge in [-0.2, -0.15) is 0 Å². The largest absolute Gasteiger partial charge is 0.497 e. The van der Waals surface area contributed by atoms with Gasteiger partial charge in [-0.15, -0.1) is 0 Å². The van der Waals surface area contributed by atoms with Crippen LogP contribution in [0.25, 0.3) is 0 Å². The van der Waals surface area contributed by atoms with Crippen molar-refractivity contribution in [3.05, 3.63) is 29.8 Å². The van der Waals surface area contributed by atoms with E-state index in [-0.39, 0.29) is 19.5 Å². The van der Waals surface area contributed by atoms with Gasteiger partial charge in [0.1, 0.15) is 5.75 Å². The van der Waals surface area contributed by atoms with Crippen LogP contribution in [0.15, 0.2) is 24.3 Å². The smallest absolute Gasteiger partial charge is 0.118 e. The van der Waals surface area contributed by atoms with Gasteiger partial charge >= 0.3 is 0 Å². The second-order valence-corrected chi connectivity index (χ2v) is 3.98. The maximum absolute atomic E-state index is 5.08. The Morgan fingerprint density at radius 2 is 1.27 bits per heavy atom. The summed E-state index contributed by atoms with van der Waals surface area (Å²) in [6.07, 6.45) is 0. The second-order valence-electron chi connectivity index (χ2n) is 3.98. The molecule has 4 heteroatoms. The van der Waals surface area contributed by atoms with Crippen LogP contribution < -0.4 is 4.74 Å². The zero-order valence-corrected chi connectivity index (χ0v) is 9.44. The van der Waals surface area contributed by atoms with Crippen LogP contribution in [0.2, 0.25) is 0 Å². The summed E-state index contributed by atoms with van der Waals surface area (Å²) in [6.45, 7) is 6.61. The van der Waals surface area contributed by atoms with Crippen molar-refractivity contribution in [2.45, 2.75) is 26.2 Å². The van der Waals surface area contributed by atoms with Crippen LogP contribution in [0.1, 0.15) is 26.3 Å². The summed E-state index contributed by atoms with van der Waals surface area (Å²) in [5.74, 6) is 0.919. The molecule has 0 aliphatic heterocycles. The molecule has 0 saturated carbocycles. The number of ether oxygens (including phenoxy) is 1. The number of methoxy groups -OCH3 is 1. The fourth-order valence-corrected chi connectivity index (χ4v) is 1.09. The molecule has 1 aromatic carbocycles. The minimum atomic E-state index is 0. The topological polar surface area (TPSA) is 9.23 Å². The first-order chi connectivity index (χ1) is 5.54. The molecular weight excluding hydrogens is 205 g/mol. The molecular formula is C11H19F3O. The Morgan fingerprint density at radius 3 is 1.53 bits per heavy atom. The monoisotopic (exact) mass is 224 g/mol. The van der Waals surface area contributed by atoms with Gasteiger partial charge in [0.15, 0.2) is 0 Å². The van der Waals surface area contributed by atoms with Gasteiger partial charge in [-0.25, -0.2) is 0 Å². The van der Waals surface area contributed by atoms with E-state index >= 15 is 0 Å². The molecule has 0 spiro atoms. The summed E-state index contributed by atoms with van der Waals surface area (Å²) in [6, 6.07) is 8.22. The van der Waals surface area contributed by atoms with Crippen LogP contribution in [0, 0.1) is 0 Å². The minimum absolute atomic E-state index is 0. The zero-order valence-electron chi connectivity index (χ0n) is 9.44. The highest BCUT2D eigenvalue weighted by Gasteiger charge is 2.12. The number of halogens is 3. The zero-order chi connectivity index (χ0) is 9.19. The third kappa shape index (κ3) is 5.30. The quantitative estimate of drug-likeness (QED) is 0.710. The lowest BCUT2D eigenvalue weighted by molar-refractivity contribution is 0.414. The molecule has 0 fully saturated rings. The fraction of sp³-hybridized carbons (Fsp3) is 0.455. The van der Waals surface area contributed by atoms with E-state index in [1.54, 1.807) is 7.11 Å². The highest BCUT2D eigenvalue weighted by molar-refractivity contribution is 5.30. The van der Waals surface area contributed by atoms with E-state index in [1.807, 2.05) is 12.1 Å². The molecule has 15 heavy (non-hydrogen) atoms.